The second-order valence-corrected chi connectivity index (χ2v) is 6.80. The van der Waals surface area contributed by atoms with Gasteiger partial charge in [0, 0.05) is 12.1 Å². The molecule has 5 heteroatoms. The molecule has 1 aliphatic rings. The van der Waals surface area contributed by atoms with Gasteiger partial charge < -0.3 is 20.5 Å². The van der Waals surface area contributed by atoms with Gasteiger partial charge in [-0.1, -0.05) is 0 Å². The van der Waals surface area contributed by atoms with Crippen LogP contribution >= 0.6 is 0 Å². The average molecular weight is 286 g/mol. The van der Waals surface area contributed by atoms with Gasteiger partial charge in [-0.2, -0.15) is 0 Å². The van der Waals surface area contributed by atoms with Crippen molar-refractivity contribution in [3.05, 3.63) is 0 Å². The minimum Gasteiger partial charge on any atom is -0.444 e. The molecule has 0 saturated heterocycles. The van der Waals surface area contributed by atoms with Crippen molar-refractivity contribution in [3.8, 4) is 0 Å². The summed E-state index contributed by atoms with van der Waals surface area (Å²) in [4.78, 5) is 11.7. The molecule has 0 bridgehead atoms. The van der Waals surface area contributed by atoms with Crippen molar-refractivity contribution in [2.45, 2.75) is 83.6 Å². The van der Waals surface area contributed by atoms with E-state index in [4.69, 9.17) is 4.74 Å². The molecule has 0 radical (unpaired) electrons. The molecule has 3 unspecified atom stereocenters. The number of nitrogens with one attached hydrogen (secondary N) is 2. The Balaban J connectivity index is 2.15. The second kappa shape index (κ2) is 7.84. The van der Waals surface area contributed by atoms with E-state index in [1.807, 2.05) is 27.7 Å². The Morgan fingerprint density at radius 1 is 1.35 bits per heavy atom. The zero-order valence-corrected chi connectivity index (χ0v) is 13.2. The first kappa shape index (κ1) is 17.2. The van der Waals surface area contributed by atoms with Crippen molar-refractivity contribution in [1.29, 1.82) is 0 Å². The quantitative estimate of drug-likeness (QED) is 0.655. The van der Waals surface area contributed by atoms with Crippen molar-refractivity contribution in [2.24, 2.45) is 0 Å². The van der Waals surface area contributed by atoms with Crippen LogP contribution in [0.3, 0.4) is 0 Å². The summed E-state index contributed by atoms with van der Waals surface area (Å²) in [5.41, 5.74) is -0.443. The predicted molar refractivity (Wildman–Crippen MR) is 79.7 cm³/mol. The van der Waals surface area contributed by atoms with Crippen molar-refractivity contribution in [1.82, 2.24) is 10.6 Å². The Morgan fingerprint density at radius 2 is 2.00 bits per heavy atom. The summed E-state index contributed by atoms with van der Waals surface area (Å²) < 4.78 is 5.26. The molecule has 5 nitrogen and oxygen atoms in total. The monoisotopic (exact) mass is 286 g/mol. The molecule has 0 spiro atoms. The molecule has 3 N–H and O–H groups in total. The molecule has 3 atom stereocenters. The van der Waals surface area contributed by atoms with Crippen LogP contribution in [0.25, 0.3) is 0 Å². The third-order valence-electron chi connectivity index (χ3n) is 3.39. The minimum absolute atomic E-state index is 0.208. The Morgan fingerprint density at radius 3 is 2.60 bits per heavy atom. The number of hydrogen-bond donors (Lipinski definition) is 3. The van der Waals surface area contributed by atoms with E-state index in [1.165, 1.54) is 0 Å². The molecule has 118 valence electrons. The maximum Gasteiger partial charge on any atom is 0.407 e. The number of rotatable bonds is 6. The molecule has 1 saturated carbocycles. The average Bonchev–Trinajstić information content (AvgIpc) is 2.69. The highest BCUT2D eigenvalue weighted by molar-refractivity contribution is 5.68. The van der Waals surface area contributed by atoms with Crippen LogP contribution < -0.4 is 10.6 Å². The number of amides is 1. The molecule has 0 aliphatic heterocycles. The van der Waals surface area contributed by atoms with E-state index in [1.54, 1.807) is 0 Å². The van der Waals surface area contributed by atoms with Gasteiger partial charge in [-0.15, -0.1) is 0 Å². The van der Waals surface area contributed by atoms with Gasteiger partial charge in [0.1, 0.15) is 5.60 Å². The molecule has 1 amide bonds. The van der Waals surface area contributed by atoms with Crippen LogP contribution in [-0.4, -0.2) is 41.5 Å². The molecule has 0 heterocycles. The van der Waals surface area contributed by atoms with Crippen LogP contribution in [0.5, 0.6) is 0 Å². The topological polar surface area (TPSA) is 70.6 Å². The van der Waals surface area contributed by atoms with Crippen LogP contribution in [0.1, 0.15) is 59.8 Å². The zero-order chi connectivity index (χ0) is 15.2. The van der Waals surface area contributed by atoms with Gasteiger partial charge in [0.05, 0.1) is 6.10 Å². The second-order valence-electron chi connectivity index (χ2n) is 6.80. The van der Waals surface area contributed by atoms with Gasteiger partial charge in [0.25, 0.3) is 0 Å². The third kappa shape index (κ3) is 7.70. The Hall–Kier alpha value is -0.810. The number of aliphatic hydroxyl groups excluding tert-OH is 1. The number of ether oxygens (including phenoxy) is 1. The highest BCUT2D eigenvalue weighted by atomic mass is 16.6. The fraction of sp³-hybridized carbons (Fsp3) is 0.933. The minimum atomic E-state index is -0.443. The zero-order valence-electron chi connectivity index (χ0n) is 13.2. The summed E-state index contributed by atoms with van der Waals surface area (Å²) in [5.74, 6) is 0. The number of hydrogen-bond acceptors (Lipinski definition) is 4. The van der Waals surface area contributed by atoms with Crippen LogP contribution in [-0.2, 0) is 4.74 Å². The summed E-state index contributed by atoms with van der Waals surface area (Å²) in [7, 11) is 0. The van der Waals surface area contributed by atoms with E-state index in [2.05, 4.69) is 10.6 Å². The van der Waals surface area contributed by atoms with Gasteiger partial charge >= 0.3 is 6.09 Å². The summed E-state index contributed by atoms with van der Waals surface area (Å²) in [5, 5.41) is 15.6. The van der Waals surface area contributed by atoms with E-state index in [0.29, 0.717) is 6.04 Å². The molecule has 0 aromatic heterocycles. The smallest absolute Gasteiger partial charge is 0.407 e. The molecule has 0 aromatic carbocycles. The number of alkyl carbamates (subject to hydrolysis) is 1. The van der Waals surface area contributed by atoms with E-state index in [-0.39, 0.29) is 18.2 Å². The molecule has 1 aliphatic carbocycles. The summed E-state index contributed by atoms with van der Waals surface area (Å²) in [6.45, 7) is 8.35. The van der Waals surface area contributed by atoms with Crippen molar-refractivity contribution in [3.63, 3.8) is 0 Å². The first-order valence-corrected chi connectivity index (χ1v) is 7.67. The fourth-order valence-corrected chi connectivity index (χ4v) is 2.48. The SMILES string of the molecule is CC(O)CCCNC1CCC(NC(=O)OC(C)(C)C)C1. The first-order chi connectivity index (χ1) is 9.26. The molecular weight excluding hydrogens is 256 g/mol. The van der Waals surface area contributed by atoms with Crippen molar-refractivity contribution in [2.75, 3.05) is 6.54 Å². The Labute approximate surface area is 122 Å². The van der Waals surface area contributed by atoms with E-state index in [9.17, 15) is 9.90 Å². The van der Waals surface area contributed by atoms with Gasteiger partial charge in [-0.05, 0) is 66.3 Å². The largest absolute Gasteiger partial charge is 0.444 e. The normalized spacial score (nSPS) is 24.4. The standard InChI is InChI=1S/C15H30N2O3/c1-11(18)6-5-9-16-12-7-8-13(10-12)17-14(19)20-15(2,3)4/h11-13,16,18H,5-10H2,1-4H3,(H,17,19). The van der Waals surface area contributed by atoms with Crippen molar-refractivity contribution < 1.29 is 14.6 Å². The van der Waals surface area contributed by atoms with Gasteiger partial charge in [-0.3, -0.25) is 0 Å². The highest BCUT2D eigenvalue weighted by Gasteiger charge is 2.27. The lowest BCUT2D eigenvalue weighted by Crippen LogP contribution is -2.39. The number of carbonyl (C=O) groups excluding carboxylic acids is 1. The van der Waals surface area contributed by atoms with Crippen LogP contribution in [0, 0.1) is 0 Å². The summed E-state index contributed by atoms with van der Waals surface area (Å²) in [6, 6.07) is 0.669. The first-order valence-electron chi connectivity index (χ1n) is 7.67. The molecule has 20 heavy (non-hydrogen) atoms. The van der Waals surface area contributed by atoms with Gasteiger partial charge in [-0.25, -0.2) is 4.79 Å². The number of carbonyl (C=O) groups is 1. The lowest BCUT2D eigenvalue weighted by molar-refractivity contribution is 0.0505. The highest BCUT2D eigenvalue weighted by Crippen LogP contribution is 2.20. The summed E-state index contributed by atoms with van der Waals surface area (Å²) >= 11 is 0. The third-order valence-corrected chi connectivity index (χ3v) is 3.39. The van der Waals surface area contributed by atoms with E-state index >= 15 is 0 Å². The Kier molecular flexibility index (Phi) is 6.76. The summed E-state index contributed by atoms with van der Waals surface area (Å²) in [6.07, 6.45) is 4.30. The van der Waals surface area contributed by atoms with E-state index < -0.39 is 5.60 Å². The molecule has 1 fully saturated rings. The fourth-order valence-electron chi connectivity index (χ4n) is 2.48. The van der Waals surface area contributed by atoms with Crippen molar-refractivity contribution >= 4 is 6.09 Å². The van der Waals surface area contributed by atoms with Gasteiger partial charge in [0.15, 0.2) is 0 Å². The van der Waals surface area contributed by atoms with Crippen LogP contribution in [0.4, 0.5) is 4.79 Å². The number of aliphatic hydroxyl groups is 1. The maximum atomic E-state index is 11.7. The van der Waals surface area contributed by atoms with Gasteiger partial charge in [0.2, 0.25) is 0 Å². The van der Waals surface area contributed by atoms with Crippen LogP contribution in [0.2, 0.25) is 0 Å². The van der Waals surface area contributed by atoms with Crippen LogP contribution in [0.15, 0.2) is 0 Å². The molecule has 0 aromatic rings. The predicted octanol–water partition coefficient (Wildman–Crippen LogP) is 2.18. The maximum absolute atomic E-state index is 11.7. The lowest BCUT2D eigenvalue weighted by Gasteiger charge is -2.21. The lowest BCUT2D eigenvalue weighted by atomic mass is 10.2. The molecule has 1 rings (SSSR count). The molecular formula is C15H30N2O3. The van der Waals surface area contributed by atoms with E-state index in [0.717, 1.165) is 38.6 Å². The Bertz CT molecular complexity index is 300.